The molecule has 12 rings (SSSR count). The molecule has 3 fully saturated rings. The standard InChI is InChI=1S/C24H25BrF3N5O3S.C23H23BrF3N5O3S.C22H21BrF3N5O3S/c1-4-36-23(35)18-16(11-33-12-24(27,28)10-17(33)22(34)32(2)3)30-20(21-29-7-8-37-21)31-19(18)14-6-5-13(26)9-15(14)25;1-3-35-22(34)17-15(10-32-11-23(26,27)9-16(32)20(33)28-2)30-19(21-29-6-7-36-21)31-18(17)13-5-4-12(25)8-14(13)24;1-2-34-21(33)16-14(9-31-10-22(25,26)8-15(31)18(27)32)29-19(20-28-5-6-35-20)30-17(16)12-4-3-11(24)7-13(12)23/h5-9,17,19H,4,10-12H2,1-3H3,(H,30,31);4-8,16,18H,3,9-11H2,1-2H3,(H,28,33)(H,30,31);3-7,15,17H,2,8-10H2,1H3,(H2,27,32)(H,29,30)/t17-,19?;16-,18?;15-,17?/m000/s1. The van der Waals surface area contributed by atoms with Gasteiger partial charge >= 0.3 is 17.9 Å². The Morgan fingerprint density at radius 1 is 0.528 bits per heavy atom. The molecule has 108 heavy (non-hydrogen) atoms. The normalized spacial score (nSPS) is 21.7. The SMILES string of the molecule is CCOC(=O)C1=C(CN2CC(F)(F)C[C@H]2C(=O)N(C)C)NC(c2nccs2)=NC1c1ccc(F)cc1Br.CCOC(=O)C1=C(CN2CC(F)(F)C[C@H]2C(=O)NC)NC(c2nccs2)=NC1c1ccc(F)cc1Br.CCOC(=O)C1=C(CN2CC(F)(F)C[C@H]2C(N)=O)NC(c2nccs2)=NC1c1ccc(F)cc1Br. The maximum Gasteiger partial charge on any atom is 0.338 e. The Morgan fingerprint density at radius 2 is 0.833 bits per heavy atom. The van der Waals surface area contributed by atoms with Gasteiger partial charge in [0.15, 0.2) is 32.5 Å². The molecule has 576 valence electrons. The van der Waals surface area contributed by atoms with Crippen LogP contribution in [0.1, 0.15) is 89.9 Å². The van der Waals surface area contributed by atoms with E-state index in [2.05, 4.69) is 94.0 Å². The first-order chi connectivity index (χ1) is 51.2. The third-order valence-electron chi connectivity index (χ3n) is 17.3. The zero-order valence-electron chi connectivity index (χ0n) is 58.1. The number of carbonyl (C=O) groups excluding carboxylic acids is 6. The summed E-state index contributed by atoms with van der Waals surface area (Å²) < 4.78 is 145. The fourth-order valence-electron chi connectivity index (χ4n) is 12.7. The number of thiazole rings is 3. The quantitative estimate of drug-likeness (QED) is 0.0254. The number of primary amides is 1. The van der Waals surface area contributed by atoms with Gasteiger partial charge in [-0.3, -0.25) is 44.1 Å². The van der Waals surface area contributed by atoms with Crippen molar-refractivity contribution in [3.8, 4) is 0 Å². The Kier molecular flexibility index (Phi) is 26.8. The molecule has 3 saturated heterocycles. The maximum atomic E-state index is 14.5. The van der Waals surface area contributed by atoms with Crippen molar-refractivity contribution in [2.75, 3.05) is 80.2 Å². The molecule has 39 heteroatoms. The summed E-state index contributed by atoms with van der Waals surface area (Å²) in [5, 5.41) is 18.4. The molecule has 6 N–H and O–H groups in total. The summed E-state index contributed by atoms with van der Waals surface area (Å²) in [6.07, 6.45) is 2.75. The number of alkyl halides is 6. The molecule has 6 aromatic rings. The number of likely N-dealkylation sites (N-methyl/N-ethyl adjacent to an activating group) is 2. The van der Waals surface area contributed by atoms with Crippen LogP contribution in [-0.2, 0) is 43.0 Å². The van der Waals surface area contributed by atoms with Gasteiger partial charge in [-0.2, -0.15) is 0 Å². The van der Waals surface area contributed by atoms with Gasteiger partial charge in [0.1, 0.15) is 35.6 Å². The number of hydrogen-bond acceptors (Lipinski definition) is 24. The smallest absolute Gasteiger partial charge is 0.338 e. The van der Waals surface area contributed by atoms with E-state index in [1.54, 1.807) is 55.5 Å². The van der Waals surface area contributed by atoms with Crippen molar-refractivity contribution in [3.05, 3.63) is 186 Å². The van der Waals surface area contributed by atoms with E-state index in [1.807, 2.05) is 0 Å². The van der Waals surface area contributed by atoms with E-state index in [0.717, 1.165) is 0 Å². The number of ether oxygens (including phenoxy) is 3. The molecule has 3 aromatic carbocycles. The van der Waals surface area contributed by atoms with Gasteiger partial charge in [0.05, 0.1) is 74.3 Å². The molecule has 6 aliphatic heterocycles. The third-order valence-corrected chi connectivity index (χ3v) is 21.7. The molecule has 6 aliphatic rings. The summed E-state index contributed by atoms with van der Waals surface area (Å²) in [4.78, 5) is 109. The lowest BCUT2D eigenvalue weighted by Gasteiger charge is -2.31. The van der Waals surface area contributed by atoms with Crippen LogP contribution in [0.4, 0.5) is 39.5 Å². The Bertz CT molecular complexity index is 4570. The average Bonchev–Trinajstić information content (AvgIpc) is 1.16. The van der Waals surface area contributed by atoms with E-state index < -0.39 is 146 Å². The number of nitrogens with two attached hydrogens (primary N) is 1. The molecule has 6 atom stereocenters. The number of esters is 3. The highest BCUT2D eigenvalue weighted by molar-refractivity contribution is 9.11. The zero-order valence-corrected chi connectivity index (χ0v) is 65.3. The topological polar surface area (TPSA) is 293 Å². The van der Waals surface area contributed by atoms with Crippen molar-refractivity contribution in [2.24, 2.45) is 20.7 Å². The van der Waals surface area contributed by atoms with Crippen LogP contribution in [0, 0.1) is 17.5 Å². The second-order valence-electron chi connectivity index (χ2n) is 25.1. The van der Waals surface area contributed by atoms with Gasteiger partial charge in [-0.25, -0.2) is 68.8 Å². The summed E-state index contributed by atoms with van der Waals surface area (Å²) in [5.74, 6) is -13.8. The monoisotopic (exact) mass is 1760 g/mol. The lowest BCUT2D eigenvalue weighted by molar-refractivity contribution is -0.139. The van der Waals surface area contributed by atoms with Crippen LogP contribution in [0.2, 0.25) is 0 Å². The summed E-state index contributed by atoms with van der Waals surface area (Å²) in [7, 11) is 4.40. The van der Waals surface area contributed by atoms with Crippen LogP contribution >= 0.6 is 81.8 Å². The predicted octanol–water partition coefficient (Wildman–Crippen LogP) is 10.3. The summed E-state index contributed by atoms with van der Waals surface area (Å²) >= 11 is 13.9. The molecule has 3 unspecified atom stereocenters. The molecular weight excluding hydrogens is 1690 g/mol. The minimum absolute atomic E-state index is 0.0536. The number of carbonyl (C=O) groups is 6. The lowest BCUT2D eigenvalue weighted by atomic mass is 9.95. The second kappa shape index (κ2) is 35.2. The van der Waals surface area contributed by atoms with Crippen LogP contribution in [0.25, 0.3) is 0 Å². The van der Waals surface area contributed by atoms with Crippen LogP contribution < -0.4 is 27.0 Å². The van der Waals surface area contributed by atoms with E-state index in [9.17, 15) is 68.3 Å². The molecule has 24 nitrogen and oxygen atoms in total. The van der Waals surface area contributed by atoms with E-state index in [0.29, 0.717) is 62.6 Å². The number of nitrogens with one attached hydrogen (secondary N) is 4. The number of amidine groups is 3. The molecule has 0 aliphatic carbocycles. The second-order valence-corrected chi connectivity index (χ2v) is 30.3. The number of halogens is 12. The molecule has 0 radical (unpaired) electrons. The van der Waals surface area contributed by atoms with Gasteiger partial charge in [0.2, 0.25) is 17.7 Å². The number of rotatable bonds is 21. The highest BCUT2D eigenvalue weighted by Gasteiger charge is 2.52. The first kappa shape index (κ1) is 82.2. The number of likely N-dealkylation sites (tertiary alicyclic amines) is 3. The Morgan fingerprint density at radius 3 is 1.11 bits per heavy atom. The van der Waals surface area contributed by atoms with Gasteiger partial charge in [0, 0.05) is 125 Å². The lowest BCUT2D eigenvalue weighted by Crippen LogP contribution is -2.46. The highest BCUT2D eigenvalue weighted by atomic mass is 79.9. The van der Waals surface area contributed by atoms with Gasteiger partial charge in [-0.15, -0.1) is 34.0 Å². The summed E-state index contributed by atoms with van der Waals surface area (Å²) in [6, 6.07) is 5.67. The Hall–Kier alpha value is -8.31. The molecule has 9 heterocycles. The molecule has 0 saturated carbocycles. The van der Waals surface area contributed by atoms with E-state index >= 15 is 0 Å². The number of benzene rings is 3. The van der Waals surface area contributed by atoms with Gasteiger partial charge < -0.3 is 46.1 Å². The number of amides is 3. The average molecular weight is 1760 g/mol. The third kappa shape index (κ3) is 19.5. The van der Waals surface area contributed by atoms with Gasteiger partial charge in [-0.05, 0) is 73.9 Å². The first-order valence-corrected chi connectivity index (χ1v) is 38.1. The largest absolute Gasteiger partial charge is 0.463 e. The highest BCUT2D eigenvalue weighted by Crippen LogP contribution is 2.44. The zero-order chi connectivity index (χ0) is 78.3. The summed E-state index contributed by atoms with van der Waals surface area (Å²) in [5.41, 5.74) is 7.75. The van der Waals surface area contributed by atoms with Gasteiger partial charge in [0.25, 0.3) is 17.8 Å². The predicted molar refractivity (Wildman–Crippen MR) is 394 cm³/mol. The van der Waals surface area contributed by atoms with E-state index in [1.165, 1.54) is 129 Å². The molecule has 3 amide bonds. The molecule has 3 aromatic heterocycles. The van der Waals surface area contributed by atoms with Crippen LogP contribution in [-0.4, -0.2) is 204 Å². The fourth-order valence-corrected chi connectivity index (χ4v) is 16.2. The number of aromatic nitrogens is 3. The van der Waals surface area contributed by atoms with Crippen molar-refractivity contribution < 1.29 is 82.5 Å². The number of hydrogen-bond donors (Lipinski definition) is 5. The Balaban J connectivity index is 0.000000173. The van der Waals surface area contributed by atoms with Crippen molar-refractivity contribution in [2.45, 2.75) is 94.1 Å². The first-order valence-electron chi connectivity index (χ1n) is 33.1. The minimum Gasteiger partial charge on any atom is -0.463 e. The van der Waals surface area contributed by atoms with Crippen LogP contribution in [0.5, 0.6) is 0 Å². The van der Waals surface area contributed by atoms with Crippen LogP contribution in [0.15, 0.2) is 152 Å². The van der Waals surface area contributed by atoms with Crippen molar-refractivity contribution in [1.29, 1.82) is 0 Å². The van der Waals surface area contributed by atoms with Crippen LogP contribution in [0.3, 0.4) is 0 Å². The van der Waals surface area contributed by atoms with Gasteiger partial charge in [-0.1, -0.05) is 66.0 Å². The van der Waals surface area contributed by atoms with Crippen molar-refractivity contribution >= 4 is 135 Å². The number of aliphatic imine (C=N–C) groups is 3. The number of nitrogens with zero attached hydrogens (tertiary/aromatic N) is 10. The van der Waals surface area contributed by atoms with Crippen molar-refractivity contribution in [1.82, 2.24) is 55.8 Å². The fraction of sp³-hybridized carbons (Fsp3) is 0.391. The van der Waals surface area contributed by atoms with E-state index in [4.69, 9.17) is 24.9 Å². The molecule has 0 bridgehead atoms. The maximum absolute atomic E-state index is 14.5. The van der Waals surface area contributed by atoms with Crippen molar-refractivity contribution in [3.63, 3.8) is 0 Å². The molecular formula is C69H69Br3F9N15O9S3. The Labute approximate surface area is 649 Å². The van der Waals surface area contributed by atoms with E-state index in [-0.39, 0.29) is 73.3 Å². The summed E-state index contributed by atoms with van der Waals surface area (Å²) in [6.45, 7) is 2.50. The molecule has 0 spiro atoms. The minimum atomic E-state index is -3.12.